The summed E-state index contributed by atoms with van der Waals surface area (Å²) in [5.74, 6) is 0.0820. The molecular formula is C32H38N2O6S. The number of aryl methyl sites for hydroxylation is 1. The standard InChI is InChI=1S/C32H38N2O6S/c1-39-32(36)30(22-26-12-14-29(15-13-26)40-24-28-10-6-3-7-11-28)33-31(35)23-27-16-19-34(20-17-27)41(37,38)21-18-25-8-4-2-5-9-25/h2-15,27,30H,16-24H2,1H3,(H,33,35)/t30-/m0/s1. The van der Waals surface area contributed by atoms with E-state index >= 15 is 0 Å². The maximum Gasteiger partial charge on any atom is 0.328 e. The highest BCUT2D eigenvalue weighted by Gasteiger charge is 2.30. The second-order valence-electron chi connectivity index (χ2n) is 10.4. The van der Waals surface area contributed by atoms with Crippen molar-refractivity contribution in [1.82, 2.24) is 9.62 Å². The van der Waals surface area contributed by atoms with Gasteiger partial charge in [0.2, 0.25) is 15.9 Å². The zero-order valence-corrected chi connectivity index (χ0v) is 24.2. The highest BCUT2D eigenvalue weighted by molar-refractivity contribution is 7.89. The molecule has 1 saturated heterocycles. The smallest absolute Gasteiger partial charge is 0.328 e. The van der Waals surface area contributed by atoms with E-state index in [1.165, 1.54) is 11.4 Å². The lowest BCUT2D eigenvalue weighted by Crippen LogP contribution is -2.45. The normalized spacial score (nSPS) is 15.1. The summed E-state index contributed by atoms with van der Waals surface area (Å²) in [6.45, 7) is 1.25. The number of esters is 1. The first-order valence-corrected chi connectivity index (χ1v) is 15.6. The number of carbonyl (C=O) groups excluding carboxylic acids is 2. The summed E-state index contributed by atoms with van der Waals surface area (Å²) < 4.78 is 38.0. The summed E-state index contributed by atoms with van der Waals surface area (Å²) in [7, 11) is -2.06. The topological polar surface area (TPSA) is 102 Å². The summed E-state index contributed by atoms with van der Waals surface area (Å²) >= 11 is 0. The second-order valence-corrected chi connectivity index (χ2v) is 12.5. The van der Waals surface area contributed by atoms with Crippen molar-refractivity contribution >= 4 is 21.9 Å². The van der Waals surface area contributed by atoms with E-state index in [1.807, 2.05) is 84.9 Å². The Bertz CT molecular complexity index is 1360. The number of methoxy groups -OCH3 is 1. The molecular weight excluding hydrogens is 540 g/mol. The fourth-order valence-corrected chi connectivity index (χ4v) is 6.48. The van der Waals surface area contributed by atoms with Crippen molar-refractivity contribution < 1.29 is 27.5 Å². The largest absolute Gasteiger partial charge is 0.489 e. The Kier molecular flexibility index (Phi) is 10.9. The third-order valence-corrected chi connectivity index (χ3v) is 9.24. The monoisotopic (exact) mass is 578 g/mol. The molecule has 1 aliphatic rings. The van der Waals surface area contributed by atoms with Gasteiger partial charge in [-0.15, -0.1) is 0 Å². The van der Waals surface area contributed by atoms with E-state index in [9.17, 15) is 18.0 Å². The summed E-state index contributed by atoms with van der Waals surface area (Å²) in [5.41, 5.74) is 2.93. The van der Waals surface area contributed by atoms with Crippen molar-refractivity contribution in [3.63, 3.8) is 0 Å². The molecule has 1 aliphatic heterocycles. The van der Waals surface area contributed by atoms with Gasteiger partial charge in [-0.3, -0.25) is 4.79 Å². The van der Waals surface area contributed by atoms with Gasteiger partial charge in [0.05, 0.1) is 12.9 Å². The van der Waals surface area contributed by atoms with Crippen LogP contribution >= 0.6 is 0 Å². The van der Waals surface area contributed by atoms with Crippen LogP contribution in [0.2, 0.25) is 0 Å². The molecule has 0 saturated carbocycles. The molecule has 0 radical (unpaired) electrons. The van der Waals surface area contributed by atoms with Crippen molar-refractivity contribution in [3.8, 4) is 5.75 Å². The molecule has 41 heavy (non-hydrogen) atoms. The third kappa shape index (κ3) is 9.43. The molecule has 0 bridgehead atoms. The number of sulfonamides is 1. The maximum absolute atomic E-state index is 12.9. The molecule has 0 aromatic heterocycles. The van der Waals surface area contributed by atoms with Gasteiger partial charge in [-0.05, 0) is 54.0 Å². The highest BCUT2D eigenvalue weighted by atomic mass is 32.2. The van der Waals surface area contributed by atoms with E-state index in [4.69, 9.17) is 9.47 Å². The van der Waals surface area contributed by atoms with Crippen LogP contribution in [-0.4, -0.2) is 56.6 Å². The Morgan fingerprint density at radius 1 is 0.878 bits per heavy atom. The first-order valence-electron chi connectivity index (χ1n) is 14.0. The fourth-order valence-electron chi connectivity index (χ4n) is 4.96. The first-order chi connectivity index (χ1) is 19.8. The number of hydrogen-bond donors (Lipinski definition) is 1. The zero-order chi connectivity index (χ0) is 29.1. The lowest BCUT2D eigenvalue weighted by atomic mass is 9.94. The molecule has 8 nitrogen and oxygen atoms in total. The van der Waals surface area contributed by atoms with Gasteiger partial charge in [0, 0.05) is 25.9 Å². The number of nitrogens with one attached hydrogen (secondary N) is 1. The molecule has 1 heterocycles. The van der Waals surface area contributed by atoms with Gasteiger partial charge in [-0.2, -0.15) is 0 Å². The van der Waals surface area contributed by atoms with E-state index in [1.54, 1.807) is 0 Å². The number of nitrogens with zero attached hydrogens (tertiary/aromatic N) is 1. The van der Waals surface area contributed by atoms with Crippen LogP contribution in [0.15, 0.2) is 84.9 Å². The zero-order valence-electron chi connectivity index (χ0n) is 23.4. The number of rotatable bonds is 13. The fraction of sp³-hybridized carbons (Fsp3) is 0.375. The van der Waals surface area contributed by atoms with Gasteiger partial charge in [-0.25, -0.2) is 17.5 Å². The Hall–Kier alpha value is -3.69. The number of amides is 1. The summed E-state index contributed by atoms with van der Waals surface area (Å²) in [5, 5.41) is 2.83. The molecule has 1 atom stereocenters. The van der Waals surface area contributed by atoms with E-state index < -0.39 is 22.0 Å². The molecule has 3 aromatic carbocycles. The van der Waals surface area contributed by atoms with E-state index in [2.05, 4.69) is 5.32 Å². The minimum absolute atomic E-state index is 0.0508. The number of carbonyl (C=O) groups is 2. The van der Waals surface area contributed by atoms with Crippen molar-refractivity contribution in [2.45, 2.75) is 44.8 Å². The average Bonchev–Trinajstić information content (AvgIpc) is 3.00. The quantitative estimate of drug-likeness (QED) is 0.306. The maximum atomic E-state index is 12.9. The Morgan fingerprint density at radius 2 is 1.49 bits per heavy atom. The minimum Gasteiger partial charge on any atom is -0.489 e. The van der Waals surface area contributed by atoms with Crippen molar-refractivity contribution in [2.24, 2.45) is 5.92 Å². The predicted octanol–water partition coefficient (Wildman–Crippen LogP) is 4.14. The van der Waals surface area contributed by atoms with Crippen molar-refractivity contribution in [2.75, 3.05) is 26.0 Å². The van der Waals surface area contributed by atoms with E-state index in [0.717, 1.165) is 16.7 Å². The molecule has 9 heteroatoms. The van der Waals surface area contributed by atoms with Gasteiger partial charge in [-0.1, -0.05) is 72.8 Å². The van der Waals surface area contributed by atoms with Crippen molar-refractivity contribution in [1.29, 1.82) is 0 Å². The molecule has 0 unspecified atom stereocenters. The van der Waals surface area contributed by atoms with Gasteiger partial charge in [0.15, 0.2) is 0 Å². The van der Waals surface area contributed by atoms with Crippen LogP contribution < -0.4 is 10.1 Å². The average molecular weight is 579 g/mol. The molecule has 1 amide bonds. The van der Waals surface area contributed by atoms with Crippen LogP contribution in [0, 0.1) is 5.92 Å². The number of hydrogen-bond acceptors (Lipinski definition) is 6. The highest BCUT2D eigenvalue weighted by Crippen LogP contribution is 2.23. The van der Waals surface area contributed by atoms with Crippen LogP contribution in [-0.2, 0) is 43.8 Å². The predicted molar refractivity (Wildman–Crippen MR) is 158 cm³/mol. The molecule has 0 spiro atoms. The second kappa shape index (κ2) is 14.8. The Labute approximate surface area is 242 Å². The summed E-state index contributed by atoms with van der Waals surface area (Å²) in [4.78, 5) is 25.3. The molecule has 3 aromatic rings. The van der Waals surface area contributed by atoms with Crippen LogP contribution in [0.3, 0.4) is 0 Å². The Balaban J connectivity index is 1.23. The molecule has 218 valence electrons. The van der Waals surface area contributed by atoms with Gasteiger partial charge in [0.25, 0.3) is 0 Å². The molecule has 1 N–H and O–H groups in total. The molecule has 1 fully saturated rings. The van der Waals surface area contributed by atoms with Crippen LogP contribution in [0.5, 0.6) is 5.75 Å². The van der Waals surface area contributed by atoms with Gasteiger partial charge >= 0.3 is 5.97 Å². The van der Waals surface area contributed by atoms with Gasteiger partial charge in [0.1, 0.15) is 18.4 Å². The van der Waals surface area contributed by atoms with Crippen LogP contribution in [0.25, 0.3) is 0 Å². The summed E-state index contributed by atoms with van der Waals surface area (Å²) in [6, 6.07) is 26.1. The molecule has 0 aliphatic carbocycles. The van der Waals surface area contributed by atoms with Crippen LogP contribution in [0.4, 0.5) is 0 Å². The minimum atomic E-state index is -3.36. The lowest BCUT2D eigenvalue weighted by molar-refractivity contribution is -0.145. The lowest BCUT2D eigenvalue weighted by Gasteiger charge is -2.31. The first kappa shape index (κ1) is 30.3. The number of benzene rings is 3. The SMILES string of the molecule is COC(=O)[C@H](Cc1ccc(OCc2ccccc2)cc1)NC(=O)CC1CCN(S(=O)(=O)CCc2ccccc2)CC1. The van der Waals surface area contributed by atoms with E-state index in [0.29, 0.717) is 44.7 Å². The number of piperidine rings is 1. The van der Waals surface area contributed by atoms with Crippen LogP contribution in [0.1, 0.15) is 36.0 Å². The van der Waals surface area contributed by atoms with Crippen molar-refractivity contribution in [3.05, 3.63) is 102 Å². The van der Waals surface area contributed by atoms with E-state index in [-0.39, 0.29) is 30.4 Å². The third-order valence-electron chi connectivity index (χ3n) is 7.36. The van der Waals surface area contributed by atoms with Gasteiger partial charge < -0.3 is 14.8 Å². The number of ether oxygens (including phenoxy) is 2. The Morgan fingerprint density at radius 3 is 2.10 bits per heavy atom. The summed E-state index contributed by atoms with van der Waals surface area (Å²) in [6.07, 6.45) is 2.20. The molecule has 4 rings (SSSR count).